The molecule has 0 fully saturated rings. The number of carbonyl (C=O) groups is 2. The molecule has 9 heteroatoms. The number of nitrogens with zero attached hydrogens (tertiary/aromatic N) is 1. The van der Waals surface area contributed by atoms with E-state index >= 15 is 0 Å². The molecule has 6 nitrogen and oxygen atoms in total. The van der Waals surface area contributed by atoms with E-state index in [1.165, 1.54) is 22.7 Å². The van der Waals surface area contributed by atoms with Crippen LogP contribution in [0.2, 0.25) is 5.02 Å². The summed E-state index contributed by atoms with van der Waals surface area (Å²) in [6.45, 7) is 5.69. The molecule has 0 unspecified atom stereocenters. The van der Waals surface area contributed by atoms with Crippen LogP contribution >= 0.6 is 34.3 Å². The standard InChI is InChI=1S/C19H18ClN3O3S2/c1-9-11(3)27-19(15(9)17(21)24)23-18(25)16-10(2)22-14(28-16)8-26-13-6-4-12(20)5-7-13/h4-7H,8H2,1-3H3,(H2,21,24)(H,23,25). The van der Waals surface area contributed by atoms with E-state index in [1.54, 1.807) is 31.2 Å². The number of anilines is 1. The van der Waals surface area contributed by atoms with Crippen molar-refractivity contribution in [1.29, 1.82) is 0 Å². The average molecular weight is 436 g/mol. The predicted octanol–water partition coefficient (Wildman–Crippen LogP) is 4.71. The number of amides is 2. The van der Waals surface area contributed by atoms with Crippen LogP contribution in [0.1, 0.15) is 41.2 Å². The number of benzene rings is 1. The molecule has 2 amide bonds. The number of rotatable bonds is 6. The first-order chi connectivity index (χ1) is 13.3. The van der Waals surface area contributed by atoms with Crippen molar-refractivity contribution in [3.8, 4) is 5.75 Å². The first kappa shape index (κ1) is 20.3. The van der Waals surface area contributed by atoms with Crippen LogP contribution in [0.3, 0.4) is 0 Å². The second-order valence-electron chi connectivity index (χ2n) is 6.07. The molecule has 2 aromatic heterocycles. The highest BCUT2D eigenvalue weighted by atomic mass is 35.5. The second-order valence-corrected chi connectivity index (χ2v) is 8.82. The molecule has 3 aromatic rings. The number of thiophene rings is 1. The van der Waals surface area contributed by atoms with Gasteiger partial charge in [0.2, 0.25) is 0 Å². The summed E-state index contributed by atoms with van der Waals surface area (Å²) in [4.78, 5) is 30.2. The minimum Gasteiger partial charge on any atom is -0.486 e. The van der Waals surface area contributed by atoms with E-state index in [4.69, 9.17) is 22.1 Å². The maximum Gasteiger partial charge on any atom is 0.268 e. The number of nitrogens with one attached hydrogen (secondary N) is 1. The van der Waals surface area contributed by atoms with Crippen LogP contribution in [0.5, 0.6) is 5.75 Å². The highest BCUT2D eigenvalue weighted by Crippen LogP contribution is 2.33. The number of thiazole rings is 1. The van der Waals surface area contributed by atoms with Crippen molar-refractivity contribution in [1.82, 2.24) is 4.98 Å². The molecular formula is C19H18ClN3O3S2. The molecule has 0 saturated heterocycles. The van der Waals surface area contributed by atoms with Gasteiger partial charge in [-0.1, -0.05) is 11.6 Å². The van der Waals surface area contributed by atoms with E-state index in [2.05, 4.69) is 10.3 Å². The lowest BCUT2D eigenvalue weighted by molar-refractivity contribution is 0.100. The van der Waals surface area contributed by atoms with Gasteiger partial charge in [0.05, 0.1) is 11.3 Å². The molecular weight excluding hydrogens is 418 g/mol. The fraction of sp³-hybridized carbons (Fsp3) is 0.211. The second kappa shape index (κ2) is 8.30. The van der Waals surface area contributed by atoms with Crippen LogP contribution in [0.15, 0.2) is 24.3 Å². The minimum absolute atomic E-state index is 0.240. The van der Waals surface area contributed by atoms with E-state index in [9.17, 15) is 9.59 Å². The molecule has 0 radical (unpaired) electrons. The average Bonchev–Trinajstić information content (AvgIpc) is 3.14. The zero-order chi connectivity index (χ0) is 20.4. The van der Waals surface area contributed by atoms with Crippen LogP contribution in [0.25, 0.3) is 0 Å². The highest BCUT2D eigenvalue weighted by molar-refractivity contribution is 7.17. The number of aromatic nitrogens is 1. The predicted molar refractivity (Wildman–Crippen MR) is 113 cm³/mol. The molecule has 0 aliphatic rings. The van der Waals surface area contributed by atoms with Crippen molar-refractivity contribution < 1.29 is 14.3 Å². The van der Waals surface area contributed by atoms with Gasteiger partial charge in [-0.15, -0.1) is 22.7 Å². The molecule has 0 aliphatic heterocycles. The van der Waals surface area contributed by atoms with Gasteiger partial charge < -0.3 is 15.8 Å². The number of hydrogen-bond donors (Lipinski definition) is 2. The third kappa shape index (κ3) is 4.35. The maximum absolute atomic E-state index is 12.7. The van der Waals surface area contributed by atoms with Gasteiger partial charge in [-0.3, -0.25) is 9.59 Å². The SMILES string of the molecule is Cc1nc(COc2ccc(Cl)cc2)sc1C(=O)Nc1sc(C)c(C)c1C(N)=O. The van der Waals surface area contributed by atoms with Gasteiger partial charge in [0.25, 0.3) is 11.8 Å². The van der Waals surface area contributed by atoms with Gasteiger partial charge in [0.1, 0.15) is 27.2 Å². The van der Waals surface area contributed by atoms with Gasteiger partial charge in [-0.25, -0.2) is 4.98 Å². The lowest BCUT2D eigenvalue weighted by atomic mass is 10.1. The van der Waals surface area contributed by atoms with Crippen molar-refractivity contribution in [2.45, 2.75) is 27.4 Å². The van der Waals surface area contributed by atoms with Crippen molar-refractivity contribution in [3.05, 3.63) is 60.9 Å². The van der Waals surface area contributed by atoms with E-state index in [1.807, 2.05) is 13.8 Å². The van der Waals surface area contributed by atoms with Crippen LogP contribution < -0.4 is 15.8 Å². The van der Waals surface area contributed by atoms with Gasteiger partial charge in [0, 0.05) is 9.90 Å². The monoisotopic (exact) mass is 435 g/mol. The zero-order valence-electron chi connectivity index (χ0n) is 15.5. The van der Waals surface area contributed by atoms with Crippen LogP contribution in [0.4, 0.5) is 5.00 Å². The Kier molecular flexibility index (Phi) is 6.02. The topological polar surface area (TPSA) is 94.3 Å². The molecule has 0 aliphatic carbocycles. The number of primary amides is 1. The van der Waals surface area contributed by atoms with Gasteiger partial charge in [0.15, 0.2) is 0 Å². The Bertz CT molecular complexity index is 1040. The van der Waals surface area contributed by atoms with Crippen molar-refractivity contribution in [3.63, 3.8) is 0 Å². The van der Waals surface area contributed by atoms with E-state index in [0.29, 0.717) is 36.9 Å². The van der Waals surface area contributed by atoms with E-state index < -0.39 is 5.91 Å². The molecule has 3 rings (SSSR count). The zero-order valence-corrected chi connectivity index (χ0v) is 17.8. The van der Waals surface area contributed by atoms with Gasteiger partial charge in [-0.2, -0.15) is 0 Å². The quantitative estimate of drug-likeness (QED) is 0.586. The Hall–Kier alpha value is -2.42. The summed E-state index contributed by atoms with van der Waals surface area (Å²) in [5.41, 5.74) is 7.20. The van der Waals surface area contributed by atoms with E-state index in [0.717, 1.165) is 10.4 Å². The molecule has 146 valence electrons. The van der Waals surface area contributed by atoms with Gasteiger partial charge >= 0.3 is 0 Å². The number of ether oxygens (including phenoxy) is 1. The Morgan fingerprint density at radius 1 is 1.18 bits per heavy atom. The third-order valence-corrected chi connectivity index (χ3v) is 6.59. The summed E-state index contributed by atoms with van der Waals surface area (Å²) in [5, 5.41) is 4.56. The van der Waals surface area contributed by atoms with Crippen molar-refractivity contribution >= 4 is 51.1 Å². The first-order valence-corrected chi connectivity index (χ1v) is 10.3. The lowest BCUT2D eigenvalue weighted by Gasteiger charge is -2.04. The Morgan fingerprint density at radius 2 is 1.86 bits per heavy atom. The number of aryl methyl sites for hydroxylation is 2. The summed E-state index contributed by atoms with van der Waals surface area (Å²) in [6.07, 6.45) is 0. The largest absolute Gasteiger partial charge is 0.486 e. The normalized spacial score (nSPS) is 10.7. The molecule has 2 heterocycles. The smallest absolute Gasteiger partial charge is 0.268 e. The summed E-state index contributed by atoms with van der Waals surface area (Å²) in [5.74, 6) is -0.217. The Morgan fingerprint density at radius 3 is 2.50 bits per heavy atom. The van der Waals surface area contributed by atoms with Crippen LogP contribution in [0, 0.1) is 20.8 Å². The van der Waals surface area contributed by atoms with Crippen LogP contribution in [-0.4, -0.2) is 16.8 Å². The summed E-state index contributed by atoms with van der Waals surface area (Å²) in [6, 6.07) is 7.01. The van der Waals surface area contributed by atoms with Crippen molar-refractivity contribution in [2.24, 2.45) is 5.73 Å². The molecule has 0 spiro atoms. The van der Waals surface area contributed by atoms with Gasteiger partial charge in [-0.05, 0) is 50.6 Å². The summed E-state index contributed by atoms with van der Waals surface area (Å²) >= 11 is 8.44. The lowest BCUT2D eigenvalue weighted by Crippen LogP contribution is -2.17. The fourth-order valence-corrected chi connectivity index (χ4v) is 4.63. The fourth-order valence-electron chi connectivity index (χ4n) is 2.57. The summed E-state index contributed by atoms with van der Waals surface area (Å²) < 4.78 is 5.68. The van der Waals surface area contributed by atoms with E-state index in [-0.39, 0.29) is 12.5 Å². The Balaban J connectivity index is 1.74. The molecule has 0 saturated carbocycles. The Labute approximate surface area is 175 Å². The van der Waals surface area contributed by atoms with Crippen LogP contribution in [-0.2, 0) is 6.61 Å². The molecule has 3 N–H and O–H groups in total. The highest BCUT2D eigenvalue weighted by Gasteiger charge is 2.22. The van der Waals surface area contributed by atoms with Crippen molar-refractivity contribution in [2.75, 3.05) is 5.32 Å². The molecule has 0 bridgehead atoms. The molecule has 1 aromatic carbocycles. The first-order valence-electron chi connectivity index (χ1n) is 8.32. The number of nitrogens with two attached hydrogens (primary N) is 1. The molecule has 28 heavy (non-hydrogen) atoms. The minimum atomic E-state index is -0.560. The number of hydrogen-bond acceptors (Lipinski definition) is 6. The third-order valence-electron chi connectivity index (χ3n) is 4.08. The maximum atomic E-state index is 12.7. The number of carbonyl (C=O) groups excluding carboxylic acids is 2. The summed E-state index contributed by atoms with van der Waals surface area (Å²) in [7, 11) is 0. The number of halogens is 1. The molecule has 0 atom stereocenters.